The Kier molecular flexibility index (Phi) is 0.631. The Hall–Kier alpha value is -1.45. The second kappa shape index (κ2) is 1.28. The SMILES string of the molecule is Nc1ccc2oncn12. The number of nitrogens with zero attached hydrogens (tertiary/aromatic N) is 2. The third kappa shape index (κ3) is 0.440. The maximum atomic E-state index is 5.48. The molecule has 0 atom stereocenters. The molecule has 0 radical (unpaired) electrons. The molecule has 0 aliphatic rings. The smallest absolute Gasteiger partial charge is 0.236 e. The average molecular weight is 123 g/mol. The Labute approximate surface area is 50.9 Å². The maximum Gasteiger partial charge on any atom is 0.236 e. The third-order valence-electron chi connectivity index (χ3n) is 1.22. The summed E-state index contributed by atoms with van der Waals surface area (Å²) in [5.41, 5.74) is 6.16. The largest absolute Gasteiger partial charge is 0.385 e. The zero-order chi connectivity index (χ0) is 6.27. The van der Waals surface area contributed by atoms with E-state index in [0.717, 1.165) is 0 Å². The number of rotatable bonds is 0. The minimum Gasteiger partial charge on any atom is -0.385 e. The summed E-state index contributed by atoms with van der Waals surface area (Å²) in [6.45, 7) is 0. The zero-order valence-corrected chi connectivity index (χ0v) is 4.61. The Morgan fingerprint density at radius 1 is 1.56 bits per heavy atom. The van der Waals surface area contributed by atoms with E-state index in [1.807, 2.05) is 0 Å². The lowest BCUT2D eigenvalue weighted by molar-refractivity contribution is 0.455. The monoisotopic (exact) mass is 123 g/mol. The van der Waals surface area contributed by atoms with Crippen LogP contribution in [0, 0.1) is 0 Å². The van der Waals surface area contributed by atoms with E-state index in [1.54, 1.807) is 16.5 Å². The first-order chi connectivity index (χ1) is 4.38. The predicted molar refractivity (Wildman–Crippen MR) is 31.9 cm³/mol. The molecular formula is C5H5N3O. The van der Waals surface area contributed by atoms with Gasteiger partial charge in [0.25, 0.3) is 0 Å². The van der Waals surface area contributed by atoms with Crippen LogP contribution in [0.15, 0.2) is 23.0 Å². The summed E-state index contributed by atoms with van der Waals surface area (Å²) >= 11 is 0. The number of fused-ring (bicyclic) bond motifs is 1. The topological polar surface area (TPSA) is 56.5 Å². The first-order valence-corrected chi connectivity index (χ1v) is 2.55. The van der Waals surface area contributed by atoms with Crippen molar-refractivity contribution in [1.82, 2.24) is 9.56 Å². The lowest BCUT2D eigenvalue weighted by Crippen LogP contribution is -1.87. The van der Waals surface area contributed by atoms with Gasteiger partial charge >= 0.3 is 0 Å². The highest BCUT2D eigenvalue weighted by Gasteiger charge is 1.97. The average Bonchev–Trinajstić information content (AvgIpc) is 2.35. The molecule has 0 aliphatic heterocycles. The third-order valence-corrected chi connectivity index (χ3v) is 1.22. The molecule has 0 bridgehead atoms. The molecule has 4 heteroatoms. The van der Waals surface area contributed by atoms with Gasteiger partial charge in [0.05, 0.1) is 0 Å². The number of nitrogen functional groups attached to an aromatic ring is 1. The van der Waals surface area contributed by atoms with E-state index in [1.165, 1.54) is 6.33 Å². The highest BCUT2D eigenvalue weighted by molar-refractivity contribution is 5.46. The predicted octanol–water partition coefficient (Wildman–Crippen LogP) is 0.510. The Morgan fingerprint density at radius 3 is 3.22 bits per heavy atom. The molecule has 0 amide bonds. The van der Waals surface area contributed by atoms with Gasteiger partial charge in [0.1, 0.15) is 12.1 Å². The fourth-order valence-electron chi connectivity index (χ4n) is 0.767. The molecule has 0 unspecified atom stereocenters. The van der Waals surface area contributed by atoms with Crippen LogP contribution in [0.2, 0.25) is 0 Å². The van der Waals surface area contributed by atoms with Crippen molar-refractivity contribution in [2.75, 3.05) is 5.73 Å². The normalized spacial score (nSPS) is 10.7. The molecular weight excluding hydrogens is 118 g/mol. The van der Waals surface area contributed by atoms with Crippen LogP contribution in [-0.2, 0) is 0 Å². The number of anilines is 1. The van der Waals surface area contributed by atoms with Crippen molar-refractivity contribution in [2.45, 2.75) is 0 Å². The molecule has 46 valence electrons. The van der Waals surface area contributed by atoms with Crippen molar-refractivity contribution in [3.63, 3.8) is 0 Å². The molecule has 4 nitrogen and oxygen atoms in total. The van der Waals surface area contributed by atoms with Crippen LogP contribution in [0.1, 0.15) is 0 Å². The van der Waals surface area contributed by atoms with Gasteiger partial charge in [-0.3, -0.25) is 4.40 Å². The van der Waals surface area contributed by atoms with E-state index in [4.69, 9.17) is 10.3 Å². The van der Waals surface area contributed by atoms with Crippen molar-refractivity contribution in [2.24, 2.45) is 0 Å². The molecule has 0 saturated carbocycles. The van der Waals surface area contributed by atoms with Crippen molar-refractivity contribution in [1.29, 1.82) is 0 Å². The van der Waals surface area contributed by atoms with Crippen molar-refractivity contribution < 1.29 is 4.52 Å². The van der Waals surface area contributed by atoms with Crippen LogP contribution in [0.4, 0.5) is 5.82 Å². The molecule has 2 aromatic heterocycles. The van der Waals surface area contributed by atoms with E-state index >= 15 is 0 Å². The van der Waals surface area contributed by atoms with E-state index in [-0.39, 0.29) is 0 Å². The summed E-state index contributed by atoms with van der Waals surface area (Å²) in [6.07, 6.45) is 1.53. The van der Waals surface area contributed by atoms with Gasteiger partial charge < -0.3 is 10.3 Å². The van der Waals surface area contributed by atoms with E-state index in [0.29, 0.717) is 11.5 Å². The second-order valence-corrected chi connectivity index (χ2v) is 1.78. The molecule has 9 heavy (non-hydrogen) atoms. The fraction of sp³-hybridized carbons (Fsp3) is 0. The summed E-state index contributed by atoms with van der Waals surface area (Å²) in [4.78, 5) is 0. The number of nitrogens with two attached hydrogens (primary N) is 1. The van der Waals surface area contributed by atoms with Gasteiger partial charge in [-0.05, 0) is 6.07 Å². The molecule has 0 saturated heterocycles. The van der Waals surface area contributed by atoms with Gasteiger partial charge in [-0.15, -0.1) is 0 Å². The summed E-state index contributed by atoms with van der Waals surface area (Å²) in [6, 6.07) is 3.53. The lowest BCUT2D eigenvalue weighted by atomic mass is 10.6. The molecule has 0 spiro atoms. The van der Waals surface area contributed by atoms with Crippen LogP contribution in [0.25, 0.3) is 5.71 Å². The van der Waals surface area contributed by atoms with Gasteiger partial charge in [0.2, 0.25) is 5.71 Å². The first kappa shape index (κ1) is 4.43. The molecule has 0 aromatic carbocycles. The Balaban J connectivity index is 2.99. The highest BCUT2D eigenvalue weighted by atomic mass is 16.5. The van der Waals surface area contributed by atoms with Gasteiger partial charge in [0, 0.05) is 6.07 Å². The van der Waals surface area contributed by atoms with Crippen molar-refractivity contribution >= 4 is 11.5 Å². The molecule has 2 aromatic rings. The molecule has 2 rings (SSSR count). The Bertz CT molecular complexity index is 321. The Morgan fingerprint density at radius 2 is 2.44 bits per heavy atom. The standard InChI is InChI=1S/C5H5N3O/c6-4-1-2-5-8(4)3-7-9-5/h1-3H,6H2. The highest BCUT2D eigenvalue weighted by Crippen LogP contribution is 2.09. The summed E-state index contributed by atoms with van der Waals surface area (Å²) in [7, 11) is 0. The van der Waals surface area contributed by atoms with E-state index < -0.39 is 0 Å². The van der Waals surface area contributed by atoms with Gasteiger partial charge in [-0.1, -0.05) is 5.16 Å². The summed E-state index contributed by atoms with van der Waals surface area (Å²) in [5.74, 6) is 0.645. The van der Waals surface area contributed by atoms with Crippen molar-refractivity contribution in [3.8, 4) is 0 Å². The van der Waals surface area contributed by atoms with Crippen LogP contribution >= 0.6 is 0 Å². The van der Waals surface area contributed by atoms with Gasteiger partial charge in [-0.2, -0.15) is 0 Å². The number of hydrogen-bond acceptors (Lipinski definition) is 3. The zero-order valence-electron chi connectivity index (χ0n) is 4.61. The first-order valence-electron chi connectivity index (χ1n) is 2.55. The van der Waals surface area contributed by atoms with E-state index in [9.17, 15) is 0 Å². The van der Waals surface area contributed by atoms with Crippen LogP contribution in [-0.4, -0.2) is 9.56 Å². The van der Waals surface area contributed by atoms with Crippen LogP contribution in [0.3, 0.4) is 0 Å². The number of aromatic nitrogens is 2. The molecule has 0 fully saturated rings. The second-order valence-electron chi connectivity index (χ2n) is 1.78. The van der Waals surface area contributed by atoms with Crippen LogP contribution in [0.5, 0.6) is 0 Å². The summed E-state index contributed by atoms with van der Waals surface area (Å²) in [5, 5.41) is 3.53. The van der Waals surface area contributed by atoms with Gasteiger partial charge in [0.15, 0.2) is 0 Å². The quantitative estimate of drug-likeness (QED) is 0.555. The fourth-order valence-corrected chi connectivity index (χ4v) is 0.767. The van der Waals surface area contributed by atoms with E-state index in [2.05, 4.69) is 5.16 Å². The summed E-state index contributed by atoms with van der Waals surface area (Å²) < 4.78 is 6.44. The molecule has 2 heterocycles. The minimum absolute atomic E-state index is 0.645. The molecule has 2 N–H and O–H groups in total. The van der Waals surface area contributed by atoms with Gasteiger partial charge in [-0.25, -0.2) is 0 Å². The van der Waals surface area contributed by atoms with Crippen molar-refractivity contribution in [3.05, 3.63) is 18.5 Å². The minimum atomic E-state index is 0.645. The van der Waals surface area contributed by atoms with Crippen LogP contribution < -0.4 is 5.73 Å². The number of hydrogen-bond donors (Lipinski definition) is 1. The lowest BCUT2D eigenvalue weighted by Gasteiger charge is -1.81. The molecule has 0 aliphatic carbocycles. The maximum absolute atomic E-state index is 5.48.